The highest BCUT2D eigenvalue weighted by Crippen LogP contribution is 2.16. The maximum Gasteiger partial charge on any atom is 0.295 e. The van der Waals surface area contributed by atoms with Gasteiger partial charge in [0, 0.05) is 20.1 Å². The molecule has 0 aliphatic carbocycles. The van der Waals surface area contributed by atoms with Gasteiger partial charge in [-0.2, -0.15) is 0 Å². The molecule has 1 fully saturated rings. The van der Waals surface area contributed by atoms with E-state index in [1.165, 1.54) is 12.8 Å². The Bertz CT molecular complexity index is 770. The van der Waals surface area contributed by atoms with Crippen molar-refractivity contribution in [2.24, 2.45) is 7.05 Å². The van der Waals surface area contributed by atoms with Crippen molar-refractivity contribution in [2.45, 2.75) is 32.6 Å². The number of thiocarbonyl (C=S) groups is 1. The summed E-state index contributed by atoms with van der Waals surface area (Å²) in [4.78, 5) is 15.1. The second kappa shape index (κ2) is 7.21. The molecule has 24 heavy (non-hydrogen) atoms. The Morgan fingerprint density at radius 2 is 1.71 bits per heavy atom. The molecule has 0 bridgehead atoms. The zero-order valence-corrected chi connectivity index (χ0v) is 15.1. The van der Waals surface area contributed by atoms with E-state index < -0.39 is 0 Å². The molecule has 1 N–H and O–H groups in total. The van der Waals surface area contributed by atoms with E-state index in [2.05, 4.69) is 10.2 Å². The lowest BCUT2D eigenvalue weighted by Crippen LogP contribution is -2.36. The van der Waals surface area contributed by atoms with Crippen LogP contribution < -0.4 is 10.9 Å². The van der Waals surface area contributed by atoms with Crippen LogP contribution in [0.3, 0.4) is 0 Å². The molecule has 0 atom stereocenters. The molecule has 1 aromatic heterocycles. The number of benzene rings is 1. The summed E-state index contributed by atoms with van der Waals surface area (Å²) < 4.78 is 3.54. The molecule has 0 unspecified atom stereocenters. The van der Waals surface area contributed by atoms with E-state index in [-0.39, 0.29) is 5.56 Å². The summed E-state index contributed by atoms with van der Waals surface area (Å²) in [6, 6.07) is 9.66. The van der Waals surface area contributed by atoms with Crippen LogP contribution in [0.5, 0.6) is 0 Å². The predicted molar refractivity (Wildman–Crippen MR) is 102 cm³/mol. The third-order valence-electron chi connectivity index (χ3n) is 4.68. The van der Waals surface area contributed by atoms with Gasteiger partial charge in [-0.05, 0) is 44.1 Å². The lowest BCUT2D eigenvalue weighted by atomic mass is 10.2. The number of likely N-dealkylation sites (tertiary alicyclic amines) is 1. The Hall–Kier alpha value is -2.08. The van der Waals surface area contributed by atoms with Gasteiger partial charge >= 0.3 is 0 Å². The van der Waals surface area contributed by atoms with Gasteiger partial charge in [0.2, 0.25) is 0 Å². The number of para-hydroxylation sites is 1. The number of nitrogens with zero attached hydrogens (tertiary/aromatic N) is 3. The van der Waals surface area contributed by atoms with E-state index in [0.717, 1.165) is 37.3 Å². The fourth-order valence-electron chi connectivity index (χ4n) is 3.17. The number of nitrogens with one attached hydrogen (secondary N) is 1. The average Bonchev–Trinajstić information content (AvgIpc) is 2.82. The fourth-order valence-corrected chi connectivity index (χ4v) is 3.46. The van der Waals surface area contributed by atoms with Crippen LogP contribution in [0.15, 0.2) is 35.1 Å². The van der Waals surface area contributed by atoms with Crippen LogP contribution in [0.2, 0.25) is 0 Å². The van der Waals surface area contributed by atoms with Crippen molar-refractivity contribution in [1.82, 2.24) is 14.3 Å². The van der Waals surface area contributed by atoms with Gasteiger partial charge in [0.25, 0.3) is 5.56 Å². The van der Waals surface area contributed by atoms with Crippen molar-refractivity contribution in [2.75, 3.05) is 18.4 Å². The van der Waals surface area contributed by atoms with Gasteiger partial charge in [0.1, 0.15) is 5.69 Å². The highest BCUT2D eigenvalue weighted by molar-refractivity contribution is 7.80. The maximum atomic E-state index is 12.9. The first kappa shape index (κ1) is 16.8. The highest BCUT2D eigenvalue weighted by Gasteiger charge is 2.19. The monoisotopic (exact) mass is 344 g/mol. The predicted octanol–water partition coefficient (Wildman–Crippen LogP) is 3.06. The zero-order chi connectivity index (χ0) is 17.1. The molecule has 0 radical (unpaired) electrons. The quantitative estimate of drug-likeness (QED) is 0.850. The molecule has 128 valence electrons. The minimum Gasteiger partial charge on any atom is -0.349 e. The van der Waals surface area contributed by atoms with Crippen LogP contribution in [-0.4, -0.2) is 32.5 Å². The van der Waals surface area contributed by atoms with Crippen molar-refractivity contribution < 1.29 is 0 Å². The molecular weight excluding hydrogens is 320 g/mol. The molecule has 1 aliphatic heterocycles. The summed E-state index contributed by atoms with van der Waals surface area (Å²) in [5, 5.41) is 3.87. The molecule has 5 nitrogen and oxygen atoms in total. The van der Waals surface area contributed by atoms with E-state index in [0.29, 0.717) is 10.8 Å². The summed E-state index contributed by atoms with van der Waals surface area (Å²) in [5.41, 5.74) is 2.22. The molecule has 0 saturated carbocycles. The molecule has 0 amide bonds. The molecule has 6 heteroatoms. The standard InChI is InChI=1S/C18H24N4OS/c1-14-16(19-18(24)21-12-8-3-4-9-13-21)17(23)22(20(14)2)15-10-6-5-7-11-15/h5-7,10-11H,3-4,8-9,12-13H2,1-2H3,(H,19,24). The summed E-state index contributed by atoms with van der Waals surface area (Å²) >= 11 is 5.56. The second-order valence-electron chi connectivity index (χ2n) is 6.27. The lowest BCUT2D eigenvalue weighted by Gasteiger charge is -2.23. The van der Waals surface area contributed by atoms with Gasteiger partial charge in [-0.1, -0.05) is 31.0 Å². The first-order valence-corrected chi connectivity index (χ1v) is 8.90. The van der Waals surface area contributed by atoms with Gasteiger partial charge in [0.15, 0.2) is 5.11 Å². The van der Waals surface area contributed by atoms with Crippen molar-refractivity contribution in [3.05, 3.63) is 46.4 Å². The largest absolute Gasteiger partial charge is 0.349 e. The smallest absolute Gasteiger partial charge is 0.295 e. The SMILES string of the molecule is Cc1c(NC(=S)N2CCCCCC2)c(=O)n(-c2ccccc2)n1C. The summed E-state index contributed by atoms with van der Waals surface area (Å²) in [5.74, 6) is 0. The van der Waals surface area contributed by atoms with E-state index in [1.54, 1.807) is 4.68 Å². The van der Waals surface area contributed by atoms with Gasteiger partial charge in [0.05, 0.1) is 11.4 Å². The van der Waals surface area contributed by atoms with Crippen LogP contribution in [0.4, 0.5) is 5.69 Å². The van der Waals surface area contributed by atoms with Gasteiger partial charge in [-0.25, -0.2) is 4.68 Å². The van der Waals surface area contributed by atoms with E-state index >= 15 is 0 Å². The third kappa shape index (κ3) is 3.24. The van der Waals surface area contributed by atoms with E-state index in [4.69, 9.17) is 12.2 Å². The van der Waals surface area contributed by atoms with Crippen LogP contribution >= 0.6 is 12.2 Å². The molecule has 1 saturated heterocycles. The van der Waals surface area contributed by atoms with Crippen molar-refractivity contribution >= 4 is 23.0 Å². The Labute approximate surface area is 147 Å². The second-order valence-corrected chi connectivity index (χ2v) is 6.65. The maximum absolute atomic E-state index is 12.9. The average molecular weight is 344 g/mol. The summed E-state index contributed by atoms with van der Waals surface area (Å²) in [6.07, 6.45) is 4.82. The molecule has 1 aliphatic rings. The van der Waals surface area contributed by atoms with Gasteiger partial charge in [-0.3, -0.25) is 9.48 Å². The van der Waals surface area contributed by atoms with Gasteiger partial charge < -0.3 is 10.2 Å². The first-order valence-electron chi connectivity index (χ1n) is 8.49. The minimum absolute atomic E-state index is 0.0710. The van der Waals surface area contributed by atoms with E-state index in [9.17, 15) is 4.79 Å². The molecule has 0 spiro atoms. The van der Waals surface area contributed by atoms with Gasteiger partial charge in [-0.15, -0.1) is 0 Å². The molecule has 2 heterocycles. The zero-order valence-electron chi connectivity index (χ0n) is 14.3. The van der Waals surface area contributed by atoms with Crippen LogP contribution in [0, 0.1) is 6.92 Å². The number of hydrogen-bond donors (Lipinski definition) is 1. The number of anilines is 1. The lowest BCUT2D eigenvalue weighted by molar-refractivity contribution is 0.441. The molecular formula is C18H24N4OS. The fraction of sp³-hybridized carbons (Fsp3) is 0.444. The normalized spacial score (nSPS) is 15.2. The van der Waals surface area contributed by atoms with Crippen LogP contribution in [-0.2, 0) is 7.05 Å². The van der Waals surface area contributed by atoms with Crippen LogP contribution in [0.1, 0.15) is 31.4 Å². The third-order valence-corrected chi connectivity index (χ3v) is 5.04. The summed E-state index contributed by atoms with van der Waals surface area (Å²) in [6.45, 7) is 3.86. The summed E-state index contributed by atoms with van der Waals surface area (Å²) in [7, 11) is 1.89. The highest BCUT2D eigenvalue weighted by atomic mass is 32.1. The number of aromatic nitrogens is 2. The number of hydrogen-bond acceptors (Lipinski definition) is 2. The van der Waals surface area contributed by atoms with Crippen molar-refractivity contribution in [3.63, 3.8) is 0 Å². The Morgan fingerprint density at radius 3 is 2.33 bits per heavy atom. The topological polar surface area (TPSA) is 42.2 Å². The number of rotatable bonds is 2. The Morgan fingerprint density at radius 1 is 1.08 bits per heavy atom. The molecule has 3 rings (SSSR count). The van der Waals surface area contributed by atoms with Crippen LogP contribution in [0.25, 0.3) is 5.69 Å². The minimum atomic E-state index is -0.0710. The Kier molecular flexibility index (Phi) is 5.04. The van der Waals surface area contributed by atoms with Crippen molar-refractivity contribution in [1.29, 1.82) is 0 Å². The molecule has 2 aromatic rings. The first-order chi connectivity index (χ1) is 11.6. The van der Waals surface area contributed by atoms with Crippen molar-refractivity contribution in [3.8, 4) is 5.69 Å². The Balaban J connectivity index is 1.89. The molecule has 1 aromatic carbocycles. The van der Waals surface area contributed by atoms with E-state index in [1.807, 2.05) is 49.0 Å².